The predicted octanol–water partition coefficient (Wildman–Crippen LogP) is 2.35. The van der Waals surface area contributed by atoms with Crippen LogP contribution in [0, 0.1) is 6.92 Å². The molecule has 0 fully saturated rings. The number of carbonyl (C=O) groups excluding carboxylic acids is 1. The maximum absolute atomic E-state index is 11.0. The van der Waals surface area contributed by atoms with Crippen LogP contribution < -0.4 is 10.6 Å². The van der Waals surface area contributed by atoms with Crippen molar-refractivity contribution in [3.8, 4) is 0 Å². The summed E-state index contributed by atoms with van der Waals surface area (Å²) in [4.78, 5) is 15.3. The Morgan fingerprint density at radius 1 is 1.48 bits per heavy atom. The highest BCUT2D eigenvalue weighted by molar-refractivity contribution is 7.13. The molecule has 0 aliphatic carbocycles. The number of aromatic nitrogens is 3. The van der Waals surface area contributed by atoms with E-state index in [2.05, 4.69) is 34.6 Å². The van der Waals surface area contributed by atoms with Gasteiger partial charge in [0.25, 0.3) is 0 Å². The van der Waals surface area contributed by atoms with Crippen molar-refractivity contribution in [3.63, 3.8) is 0 Å². The lowest BCUT2D eigenvalue weighted by atomic mass is 10.1. The molecule has 0 unspecified atom stereocenters. The zero-order valence-electron chi connectivity index (χ0n) is 12.8. The molecule has 0 radical (unpaired) electrons. The highest BCUT2D eigenvalue weighted by atomic mass is 32.1. The van der Waals surface area contributed by atoms with E-state index < -0.39 is 0 Å². The van der Waals surface area contributed by atoms with Crippen molar-refractivity contribution in [1.82, 2.24) is 20.1 Å². The van der Waals surface area contributed by atoms with Crippen LogP contribution in [0.4, 0.5) is 5.13 Å². The van der Waals surface area contributed by atoms with Crippen LogP contribution in [0.25, 0.3) is 0 Å². The fourth-order valence-electron chi connectivity index (χ4n) is 1.92. The van der Waals surface area contributed by atoms with E-state index in [0.29, 0.717) is 11.7 Å². The third kappa shape index (κ3) is 4.37. The number of amides is 1. The molecule has 0 saturated carbocycles. The van der Waals surface area contributed by atoms with Gasteiger partial charge in [-0.25, -0.2) is 4.98 Å². The zero-order chi connectivity index (χ0) is 15.4. The molecule has 0 aliphatic rings. The van der Waals surface area contributed by atoms with Gasteiger partial charge in [-0.3, -0.25) is 9.48 Å². The highest BCUT2D eigenvalue weighted by Crippen LogP contribution is 2.16. The number of aryl methyl sites for hydroxylation is 1. The van der Waals surface area contributed by atoms with Gasteiger partial charge in [0.05, 0.1) is 17.9 Å². The van der Waals surface area contributed by atoms with Crippen LogP contribution >= 0.6 is 11.3 Å². The highest BCUT2D eigenvalue weighted by Gasteiger charge is 2.14. The van der Waals surface area contributed by atoms with E-state index in [1.54, 1.807) is 0 Å². The molecule has 2 aromatic rings. The van der Waals surface area contributed by atoms with E-state index in [1.807, 2.05) is 29.4 Å². The Balaban J connectivity index is 1.87. The molecule has 0 saturated heterocycles. The van der Waals surface area contributed by atoms with Gasteiger partial charge in [-0.1, -0.05) is 0 Å². The second kappa shape index (κ2) is 6.82. The summed E-state index contributed by atoms with van der Waals surface area (Å²) in [6, 6.07) is 0.516. The van der Waals surface area contributed by atoms with Crippen molar-refractivity contribution in [3.05, 3.63) is 29.0 Å². The minimum atomic E-state index is -0.0973. The normalized spacial score (nSPS) is 13.9. The molecule has 2 aromatic heterocycles. The Hall–Kier alpha value is -1.73. The van der Waals surface area contributed by atoms with Gasteiger partial charge in [-0.05, 0) is 26.3 Å². The first-order valence-electron chi connectivity index (χ1n) is 6.92. The molecule has 0 aliphatic heterocycles. The zero-order valence-corrected chi connectivity index (χ0v) is 13.6. The minimum Gasteiger partial charge on any atom is -0.306 e. The molecule has 2 heterocycles. The van der Waals surface area contributed by atoms with Gasteiger partial charge < -0.3 is 10.6 Å². The summed E-state index contributed by atoms with van der Waals surface area (Å²) in [7, 11) is 0. The maximum Gasteiger partial charge on any atom is 0.223 e. The molecule has 114 valence electrons. The molecule has 0 aromatic carbocycles. The Morgan fingerprint density at radius 3 is 2.86 bits per heavy atom. The largest absolute Gasteiger partial charge is 0.306 e. The molecule has 0 bridgehead atoms. The monoisotopic (exact) mass is 307 g/mol. The van der Waals surface area contributed by atoms with Crippen molar-refractivity contribution >= 4 is 22.4 Å². The van der Waals surface area contributed by atoms with Gasteiger partial charge in [0.2, 0.25) is 5.91 Å². The predicted molar refractivity (Wildman–Crippen MR) is 84.4 cm³/mol. The Labute approximate surface area is 128 Å². The number of anilines is 1. The van der Waals surface area contributed by atoms with Crippen LogP contribution in [0.15, 0.2) is 17.8 Å². The second-order valence-electron chi connectivity index (χ2n) is 5.23. The van der Waals surface area contributed by atoms with Crippen molar-refractivity contribution in [2.75, 3.05) is 5.32 Å². The van der Waals surface area contributed by atoms with Crippen LogP contribution in [0.5, 0.6) is 0 Å². The number of hydrogen-bond donors (Lipinski definition) is 2. The van der Waals surface area contributed by atoms with Gasteiger partial charge >= 0.3 is 0 Å². The SMILES string of the molecule is CC(=O)Nc1nc(CN[C@@H](C)[C@@H](C)n2cc(C)cn2)cs1. The first kappa shape index (κ1) is 15.7. The summed E-state index contributed by atoms with van der Waals surface area (Å²) < 4.78 is 1.97. The van der Waals surface area contributed by atoms with E-state index in [-0.39, 0.29) is 18.0 Å². The standard InChI is InChI=1S/C14H21N5OS/c1-9-5-16-19(7-9)11(3)10(2)15-6-13-8-21-14(18-13)17-12(4)20/h5,7-8,10-11,15H,6H2,1-4H3,(H,17,18,20)/t10-,11+/m0/s1. The number of carbonyl (C=O) groups is 1. The van der Waals surface area contributed by atoms with E-state index in [4.69, 9.17) is 0 Å². The number of hydrogen-bond acceptors (Lipinski definition) is 5. The van der Waals surface area contributed by atoms with E-state index in [1.165, 1.54) is 18.3 Å². The average molecular weight is 307 g/mol. The lowest BCUT2D eigenvalue weighted by Crippen LogP contribution is -2.33. The van der Waals surface area contributed by atoms with E-state index in [0.717, 1.165) is 11.3 Å². The second-order valence-corrected chi connectivity index (χ2v) is 6.09. The van der Waals surface area contributed by atoms with E-state index >= 15 is 0 Å². The smallest absolute Gasteiger partial charge is 0.223 e. The van der Waals surface area contributed by atoms with Crippen LogP contribution in [-0.2, 0) is 11.3 Å². The summed E-state index contributed by atoms with van der Waals surface area (Å²) in [5.41, 5.74) is 2.09. The number of thiazole rings is 1. The quantitative estimate of drug-likeness (QED) is 0.859. The van der Waals surface area contributed by atoms with Gasteiger partial charge in [0.15, 0.2) is 5.13 Å². The van der Waals surface area contributed by atoms with Crippen molar-refractivity contribution in [2.45, 2.75) is 46.3 Å². The summed E-state index contributed by atoms with van der Waals surface area (Å²) in [6.07, 6.45) is 3.91. The molecule has 1 amide bonds. The molecule has 2 rings (SSSR count). The number of nitrogens with zero attached hydrogens (tertiary/aromatic N) is 3. The van der Waals surface area contributed by atoms with E-state index in [9.17, 15) is 4.79 Å². The molecule has 0 spiro atoms. The van der Waals surface area contributed by atoms with Crippen LogP contribution in [0.2, 0.25) is 0 Å². The summed E-state index contributed by atoms with van der Waals surface area (Å²) in [6.45, 7) is 8.45. The Bertz CT molecular complexity index is 606. The fraction of sp³-hybridized carbons (Fsp3) is 0.500. The van der Waals surface area contributed by atoms with Crippen LogP contribution in [0.3, 0.4) is 0 Å². The van der Waals surface area contributed by atoms with Gasteiger partial charge in [-0.15, -0.1) is 11.3 Å². The Morgan fingerprint density at radius 2 is 2.24 bits per heavy atom. The van der Waals surface area contributed by atoms with Crippen LogP contribution in [-0.4, -0.2) is 26.7 Å². The first-order chi connectivity index (χ1) is 9.95. The summed E-state index contributed by atoms with van der Waals surface area (Å²) in [5.74, 6) is -0.0973. The Kier molecular flexibility index (Phi) is 5.08. The van der Waals surface area contributed by atoms with Gasteiger partial charge in [0, 0.05) is 31.1 Å². The number of nitrogens with one attached hydrogen (secondary N) is 2. The molecular weight excluding hydrogens is 286 g/mol. The third-order valence-corrected chi connectivity index (χ3v) is 4.12. The maximum atomic E-state index is 11.0. The topological polar surface area (TPSA) is 71.8 Å². The first-order valence-corrected chi connectivity index (χ1v) is 7.80. The fourth-order valence-corrected chi connectivity index (χ4v) is 2.67. The van der Waals surface area contributed by atoms with Crippen molar-refractivity contribution < 1.29 is 4.79 Å². The van der Waals surface area contributed by atoms with Gasteiger partial charge in [0.1, 0.15) is 0 Å². The molecule has 2 N–H and O–H groups in total. The average Bonchev–Trinajstić information content (AvgIpc) is 3.03. The molecule has 6 nitrogen and oxygen atoms in total. The molecule has 2 atom stereocenters. The minimum absolute atomic E-state index is 0.0973. The summed E-state index contributed by atoms with van der Waals surface area (Å²) in [5, 5.41) is 13.1. The van der Waals surface area contributed by atoms with Gasteiger partial charge in [-0.2, -0.15) is 5.10 Å². The summed E-state index contributed by atoms with van der Waals surface area (Å²) >= 11 is 1.44. The third-order valence-electron chi connectivity index (χ3n) is 3.31. The molecular formula is C14H21N5OS. The lowest BCUT2D eigenvalue weighted by Gasteiger charge is -2.21. The van der Waals surface area contributed by atoms with Crippen molar-refractivity contribution in [1.29, 1.82) is 0 Å². The number of rotatable bonds is 6. The van der Waals surface area contributed by atoms with Crippen LogP contribution in [0.1, 0.15) is 38.1 Å². The molecule has 21 heavy (non-hydrogen) atoms. The molecule has 7 heteroatoms. The lowest BCUT2D eigenvalue weighted by molar-refractivity contribution is -0.114. The van der Waals surface area contributed by atoms with Crippen molar-refractivity contribution in [2.24, 2.45) is 0 Å².